The maximum atomic E-state index is 9.09. The van der Waals surface area contributed by atoms with Crippen molar-refractivity contribution in [1.82, 2.24) is 0 Å². The lowest BCUT2D eigenvalue weighted by atomic mass is 10.1. The number of nitrogens with zero attached hydrogens (tertiary/aromatic N) is 2. The number of hydrogen-bond donors (Lipinski definition) is 0. The van der Waals surface area contributed by atoms with Crippen molar-refractivity contribution in [2.24, 2.45) is 5.16 Å². The Hall–Kier alpha value is -3.29. The molecule has 0 radical (unpaired) electrons. The number of ether oxygens (including phenoxy) is 1. The summed E-state index contributed by atoms with van der Waals surface area (Å²) in [6.45, 7) is 0.659. The minimum Gasteiger partial charge on any atom is -0.488 e. The number of para-hydroxylation sites is 1. The molecule has 0 aliphatic heterocycles. The van der Waals surface area contributed by atoms with Crippen LogP contribution in [0.1, 0.15) is 22.3 Å². The molecule has 134 valence electrons. The summed E-state index contributed by atoms with van der Waals surface area (Å²) in [4.78, 5) is 5.35. The molecular formula is C22H17ClN2O2. The van der Waals surface area contributed by atoms with E-state index in [2.05, 4.69) is 11.2 Å². The summed E-state index contributed by atoms with van der Waals surface area (Å²) in [6, 6.07) is 24.5. The molecule has 0 aromatic heterocycles. The number of hydrogen-bond acceptors (Lipinski definition) is 4. The third-order valence-corrected chi connectivity index (χ3v) is 4.10. The molecule has 5 heteroatoms. The largest absolute Gasteiger partial charge is 0.488 e. The number of rotatable bonds is 7. The topological polar surface area (TPSA) is 54.6 Å². The van der Waals surface area contributed by atoms with E-state index in [1.54, 1.807) is 12.3 Å². The number of nitriles is 1. The second-order valence-electron chi connectivity index (χ2n) is 5.73. The minimum atomic E-state index is 0.230. The molecule has 0 N–H and O–H groups in total. The third-order valence-electron chi connectivity index (χ3n) is 3.85. The maximum Gasteiger partial charge on any atom is 0.143 e. The van der Waals surface area contributed by atoms with Gasteiger partial charge in [-0.3, -0.25) is 0 Å². The second-order valence-corrected chi connectivity index (χ2v) is 6.17. The Morgan fingerprint density at radius 2 is 1.67 bits per heavy atom. The molecule has 3 aromatic carbocycles. The molecule has 0 saturated heterocycles. The third kappa shape index (κ3) is 5.34. The Bertz CT molecular complexity index is 963. The highest BCUT2D eigenvalue weighted by molar-refractivity contribution is 6.30. The van der Waals surface area contributed by atoms with Gasteiger partial charge < -0.3 is 9.57 Å². The highest BCUT2D eigenvalue weighted by Crippen LogP contribution is 2.19. The van der Waals surface area contributed by atoms with E-state index in [-0.39, 0.29) is 6.61 Å². The summed E-state index contributed by atoms with van der Waals surface area (Å²) < 4.78 is 5.88. The summed E-state index contributed by atoms with van der Waals surface area (Å²) in [5, 5.41) is 13.8. The Labute approximate surface area is 163 Å². The van der Waals surface area contributed by atoms with Crippen molar-refractivity contribution in [2.45, 2.75) is 13.2 Å². The van der Waals surface area contributed by atoms with Crippen molar-refractivity contribution in [3.63, 3.8) is 0 Å². The predicted molar refractivity (Wildman–Crippen MR) is 106 cm³/mol. The van der Waals surface area contributed by atoms with Gasteiger partial charge in [0, 0.05) is 16.1 Å². The van der Waals surface area contributed by atoms with Gasteiger partial charge in [0.2, 0.25) is 0 Å². The molecule has 0 fully saturated rings. The molecule has 0 atom stereocenters. The highest BCUT2D eigenvalue weighted by Gasteiger charge is 2.03. The Balaban J connectivity index is 1.61. The van der Waals surface area contributed by atoms with E-state index in [4.69, 9.17) is 26.4 Å². The highest BCUT2D eigenvalue weighted by atomic mass is 35.5. The lowest BCUT2D eigenvalue weighted by Gasteiger charge is -2.09. The Morgan fingerprint density at radius 3 is 2.48 bits per heavy atom. The fourth-order valence-electron chi connectivity index (χ4n) is 2.42. The van der Waals surface area contributed by atoms with Gasteiger partial charge in [0.05, 0.1) is 17.8 Å². The lowest BCUT2D eigenvalue weighted by Crippen LogP contribution is -1.98. The SMILES string of the molecule is N#Cc1ccccc1CO/N=C\c1ccccc1OCc1ccc(Cl)cc1. The van der Waals surface area contributed by atoms with E-state index in [0.29, 0.717) is 22.9 Å². The summed E-state index contributed by atoms with van der Waals surface area (Å²) in [5.74, 6) is 0.706. The first kappa shape index (κ1) is 18.5. The molecule has 0 aliphatic rings. The van der Waals surface area contributed by atoms with Crippen molar-refractivity contribution in [2.75, 3.05) is 0 Å². The Morgan fingerprint density at radius 1 is 0.926 bits per heavy atom. The van der Waals surface area contributed by atoms with Crippen LogP contribution < -0.4 is 4.74 Å². The number of oxime groups is 1. The molecule has 0 heterocycles. The van der Waals surface area contributed by atoms with Gasteiger partial charge in [-0.05, 0) is 35.9 Å². The predicted octanol–water partition coefficient (Wildman–Crippen LogP) is 5.34. The molecule has 3 aromatic rings. The molecule has 0 spiro atoms. The second kappa shape index (κ2) is 9.42. The van der Waals surface area contributed by atoms with Crippen LogP contribution in [0.3, 0.4) is 0 Å². The summed E-state index contributed by atoms with van der Waals surface area (Å²) >= 11 is 5.90. The zero-order valence-electron chi connectivity index (χ0n) is 14.5. The smallest absolute Gasteiger partial charge is 0.143 e. The molecule has 0 unspecified atom stereocenters. The van der Waals surface area contributed by atoms with Crippen molar-refractivity contribution < 1.29 is 9.57 Å². The first-order valence-electron chi connectivity index (χ1n) is 8.36. The van der Waals surface area contributed by atoms with Crippen molar-refractivity contribution in [1.29, 1.82) is 5.26 Å². The van der Waals surface area contributed by atoms with Crippen molar-refractivity contribution in [3.05, 3.63) is 100 Å². The van der Waals surface area contributed by atoms with Crippen LogP contribution in [0.5, 0.6) is 5.75 Å². The van der Waals surface area contributed by atoms with E-state index in [9.17, 15) is 0 Å². The molecular weight excluding hydrogens is 360 g/mol. The summed E-state index contributed by atoms with van der Waals surface area (Å²) in [7, 11) is 0. The van der Waals surface area contributed by atoms with Gasteiger partial charge in [0.25, 0.3) is 0 Å². The molecule has 0 amide bonds. The van der Waals surface area contributed by atoms with E-state index < -0.39 is 0 Å². The number of halogens is 1. The quantitative estimate of drug-likeness (QED) is 0.413. The van der Waals surface area contributed by atoms with Crippen LogP contribution in [0.4, 0.5) is 0 Å². The normalized spacial score (nSPS) is 10.5. The zero-order chi connectivity index (χ0) is 18.9. The summed E-state index contributed by atoms with van der Waals surface area (Å²) in [5.41, 5.74) is 3.21. The fraction of sp³-hybridized carbons (Fsp3) is 0.0909. The van der Waals surface area contributed by atoms with Gasteiger partial charge in [-0.15, -0.1) is 0 Å². The van der Waals surface area contributed by atoms with Crippen molar-refractivity contribution in [3.8, 4) is 11.8 Å². The van der Waals surface area contributed by atoms with Gasteiger partial charge in [-0.2, -0.15) is 5.26 Å². The van der Waals surface area contributed by atoms with Crippen LogP contribution in [-0.4, -0.2) is 6.21 Å². The molecule has 0 bridgehead atoms. The van der Waals surface area contributed by atoms with Crippen LogP contribution in [0.25, 0.3) is 0 Å². The maximum absolute atomic E-state index is 9.09. The Kier molecular flexibility index (Phi) is 6.45. The van der Waals surface area contributed by atoms with E-state index in [1.807, 2.05) is 66.7 Å². The monoisotopic (exact) mass is 376 g/mol. The van der Waals surface area contributed by atoms with E-state index in [1.165, 1.54) is 0 Å². The van der Waals surface area contributed by atoms with Crippen LogP contribution >= 0.6 is 11.6 Å². The van der Waals surface area contributed by atoms with Gasteiger partial charge in [-0.25, -0.2) is 0 Å². The van der Waals surface area contributed by atoms with Gasteiger partial charge in [0.1, 0.15) is 19.0 Å². The average molecular weight is 377 g/mol. The van der Waals surface area contributed by atoms with E-state index in [0.717, 1.165) is 16.7 Å². The molecule has 4 nitrogen and oxygen atoms in total. The molecule has 0 aliphatic carbocycles. The van der Waals surface area contributed by atoms with Crippen LogP contribution in [0, 0.1) is 11.3 Å². The van der Waals surface area contributed by atoms with Crippen molar-refractivity contribution >= 4 is 17.8 Å². The molecule has 3 rings (SSSR count). The lowest BCUT2D eigenvalue weighted by molar-refractivity contribution is 0.132. The standard InChI is InChI=1S/C22H17ClN2O2/c23-21-11-9-17(10-12-21)15-26-22-8-4-3-6-19(22)14-25-27-16-20-7-2-1-5-18(20)13-24/h1-12,14H,15-16H2/b25-14-. The van der Waals surface area contributed by atoms with E-state index >= 15 is 0 Å². The molecule has 27 heavy (non-hydrogen) atoms. The van der Waals surface area contributed by atoms with Gasteiger partial charge in [0.15, 0.2) is 0 Å². The number of benzene rings is 3. The summed E-state index contributed by atoms with van der Waals surface area (Å²) in [6.07, 6.45) is 1.60. The molecule has 0 saturated carbocycles. The first-order chi connectivity index (χ1) is 13.3. The average Bonchev–Trinajstić information content (AvgIpc) is 2.72. The minimum absolute atomic E-state index is 0.230. The van der Waals surface area contributed by atoms with Gasteiger partial charge in [-0.1, -0.05) is 59.2 Å². The first-order valence-corrected chi connectivity index (χ1v) is 8.73. The van der Waals surface area contributed by atoms with Crippen LogP contribution in [-0.2, 0) is 18.1 Å². The fourth-order valence-corrected chi connectivity index (χ4v) is 2.54. The van der Waals surface area contributed by atoms with Crippen LogP contribution in [0.15, 0.2) is 78.0 Å². The van der Waals surface area contributed by atoms with Crippen LogP contribution in [0.2, 0.25) is 5.02 Å². The van der Waals surface area contributed by atoms with Gasteiger partial charge >= 0.3 is 0 Å². The zero-order valence-corrected chi connectivity index (χ0v) is 15.3.